The molecule has 0 radical (unpaired) electrons. The largest absolute Gasteiger partial charge is 0.387 e. The van der Waals surface area contributed by atoms with Crippen molar-refractivity contribution in [2.75, 3.05) is 6.54 Å². The molecule has 1 heterocycles. The topological polar surface area (TPSA) is 37.2 Å². The molecule has 1 atom stereocenters. The molecular weight excluding hydrogens is 231 g/mol. The highest BCUT2D eigenvalue weighted by Gasteiger charge is 2.06. The monoisotopic (exact) mass is 248 g/mol. The standard InChI is InChI=1S/C14H17FN2O/c1-17-7-6-11(10-17)8-16-9-14(18)12-2-4-13(15)5-3-12/h2-7,10,14,16,18H,8-9H2,1H3. The first-order valence-electron chi connectivity index (χ1n) is 5.90. The molecule has 18 heavy (non-hydrogen) atoms. The summed E-state index contributed by atoms with van der Waals surface area (Å²) in [5, 5.41) is 13.1. The van der Waals surface area contributed by atoms with Crippen molar-refractivity contribution in [1.29, 1.82) is 0 Å². The lowest BCUT2D eigenvalue weighted by Gasteiger charge is -2.11. The van der Waals surface area contributed by atoms with E-state index in [2.05, 4.69) is 5.32 Å². The van der Waals surface area contributed by atoms with Gasteiger partial charge in [0.2, 0.25) is 0 Å². The normalized spacial score (nSPS) is 12.6. The molecule has 2 N–H and O–H groups in total. The number of nitrogens with zero attached hydrogens (tertiary/aromatic N) is 1. The Morgan fingerprint density at radius 2 is 2.00 bits per heavy atom. The van der Waals surface area contributed by atoms with Crippen LogP contribution in [0.3, 0.4) is 0 Å². The van der Waals surface area contributed by atoms with Gasteiger partial charge < -0.3 is 15.0 Å². The van der Waals surface area contributed by atoms with Crippen LogP contribution in [-0.4, -0.2) is 16.2 Å². The zero-order valence-corrected chi connectivity index (χ0v) is 10.3. The number of hydrogen-bond acceptors (Lipinski definition) is 2. The first-order chi connectivity index (χ1) is 8.65. The Hall–Kier alpha value is -1.65. The van der Waals surface area contributed by atoms with Crippen LogP contribution < -0.4 is 5.32 Å². The average Bonchev–Trinajstić information content (AvgIpc) is 2.76. The SMILES string of the molecule is Cn1ccc(CNCC(O)c2ccc(F)cc2)c1. The van der Waals surface area contributed by atoms with Gasteiger partial charge in [-0.05, 0) is 29.3 Å². The first kappa shape index (κ1) is 12.8. The van der Waals surface area contributed by atoms with Gasteiger partial charge in [0.1, 0.15) is 5.82 Å². The molecule has 0 amide bonds. The second-order valence-corrected chi connectivity index (χ2v) is 4.38. The highest BCUT2D eigenvalue weighted by molar-refractivity contribution is 5.18. The molecule has 1 unspecified atom stereocenters. The van der Waals surface area contributed by atoms with E-state index < -0.39 is 6.10 Å². The second-order valence-electron chi connectivity index (χ2n) is 4.38. The molecule has 96 valence electrons. The number of benzene rings is 1. The smallest absolute Gasteiger partial charge is 0.123 e. The van der Waals surface area contributed by atoms with E-state index in [1.165, 1.54) is 17.7 Å². The van der Waals surface area contributed by atoms with Gasteiger partial charge in [-0.15, -0.1) is 0 Å². The van der Waals surface area contributed by atoms with Crippen LogP contribution in [0, 0.1) is 5.82 Å². The molecule has 0 saturated heterocycles. The van der Waals surface area contributed by atoms with Crippen molar-refractivity contribution in [2.45, 2.75) is 12.6 Å². The van der Waals surface area contributed by atoms with Gasteiger partial charge in [-0.25, -0.2) is 4.39 Å². The van der Waals surface area contributed by atoms with Crippen molar-refractivity contribution < 1.29 is 9.50 Å². The fourth-order valence-electron chi connectivity index (χ4n) is 1.82. The van der Waals surface area contributed by atoms with Crippen LogP contribution in [0.5, 0.6) is 0 Å². The van der Waals surface area contributed by atoms with Crippen LogP contribution in [-0.2, 0) is 13.6 Å². The molecule has 0 aliphatic heterocycles. The molecule has 0 bridgehead atoms. The van der Waals surface area contributed by atoms with Crippen molar-refractivity contribution in [3.05, 3.63) is 59.7 Å². The third-order valence-corrected chi connectivity index (χ3v) is 2.81. The van der Waals surface area contributed by atoms with Crippen LogP contribution in [0.15, 0.2) is 42.7 Å². The van der Waals surface area contributed by atoms with Crippen molar-refractivity contribution in [1.82, 2.24) is 9.88 Å². The minimum absolute atomic E-state index is 0.289. The summed E-state index contributed by atoms with van der Waals surface area (Å²) in [7, 11) is 1.97. The van der Waals surface area contributed by atoms with Gasteiger partial charge in [-0.3, -0.25) is 0 Å². The maximum absolute atomic E-state index is 12.7. The van der Waals surface area contributed by atoms with E-state index in [1.807, 2.05) is 30.1 Å². The molecule has 4 heteroatoms. The first-order valence-corrected chi connectivity index (χ1v) is 5.90. The van der Waals surface area contributed by atoms with Crippen LogP contribution in [0.25, 0.3) is 0 Å². The van der Waals surface area contributed by atoms with Crippen molar-refractivity contribution in [2.24, 2.45) is 7.05 Å². The third-order valence-electron chi connectivity index (χ3n) is 2.81. The van der Waals surface area contributed by atoms with Crippen LogP contribution >= 0.6 is 0 Å². The van der Waals surface area contributed by atoms with E-state index in [9.17, 15) is 9.50 Å². The van der Waals surface area contributed by atoms with Crippen molar-refractivity contribution >= 4 is 0 Å². The summed E-state index contributed by atoms with van der Waals surface area (Å²) in [6.07, 6.45) is 3.39. The summed E-state index contributed by atoms with van der Waals surface area (Å²) >= 11 is 0. The number of rotatable bonds is 5. The van der Waals surface area contributed by atoms with Gasteiger partial charge in [-0.1, -0.05) is 12.1 Å². The zero-order chi connectivity index (χ0) is 13.0. The minimum Gasteiger partial charge on any atom is -0.387 e. The molecule has 0 aliphatic rings. The van der Waals surface area contributed by atoms with Crippen LogP contribution in [0.1, 0.15) is 17.2 Å². The number of aliphatic hydroxyl groups excluding tert-OH is 1. The van der Waals surface area contributed by atoms with E-state index in [0.717, 1.165) is 5.56 Å². The molecule has 0 saturated carbocycles. The number of hydrogen-bond donors (Lipinski definition) is 2. The molecule has 3 nitrogen and oxygen atoms in total. The molecule has 0 spiro atoms. The predicted molar refractivity (Wildman–Crippen MR) is 68.5 cm³/mol. The number of halogens is 1. The number of aromatic nitrogens is 1. The van der Waals surface area contributed by atoms with Gasteiger partial charge in [0.15, 0.2) is 0 Å². The third kappa shape index (κ3) is 3.42. The number of nitrogens with one attached hydrogen (secondary N) is 1. The zero-order valence-electron chi connectivity index (χ0n) is 10.3. The highest BCUT2D eigenvalue weighted by Crippen LogP contribution is 2.12. The Kier molecular flexibility index (Phi) is 4.12. The maximum Gasteiger partial charge on any atom is 0.123 e. The minimum atomic E-state index is -0.616. The molecule has 2 rings (SSSR count). The van der Waals surface area contributed by atoms with Gasteiger partial charge in [0.25, 0.3) is 0 Å². The summed E-state index contributed by atoms with van der Waals surface area (Å²) in [5.41, 5.74) is 1.89. The fourth-order valence-corrected chi connectivity index (χ4v) is 1.82. The van der Waals surface area contributed by atoms with E-state index in [4.69, 9.17) is 0 Å². The quantitative estimate of drug-likeness (QED) is 0.849. The lowest BCUT2D eigenvalue weighted by molar-refractivity contribution is 0.174. The molecule has 0 fully saturated rings. The molecule has 2 aromatic rings. The maximum atomic E-state index is 12.7. The molecule has 0 aliphatic carbocycles. The lowest BCUT2D eigenvalue weighted by Crippen LogP contribution is -2.20. The lowest BCUT2D eigenvalue weighted by atomic mass is 10.1. The highest BCUT2D eigenvalue weighted by atomic mass is 19.1. The Bertz CT molecular complexity index is 493. The van der Waals surface area contributed by atoms with Crippen LogP contribution in [0.2, 0.25) is 0 Å². The van der Waals surface area contributed by atoms with E-state index in [0.29, 0.717) is 13.1 Å². The van der Waals surface area contributed by atoms with E-state index >= 15 is 0 Å². The second kappa shape index (κ2) is 5.80. The van der Waals surface area contributed by atoms with Gasteiger partial charge in [0.05, 0.1) is 6.10 Å². The Morgan fingerprint density at radius 3 is 2.61 bits per heavy atom. The summed E-state index contributed by atoms with van der Waals surface area (Å²) in [5.74, 6) is -0.289. The Labute approximate surface area is 106 Å². The summed E-state index contributed by atoms with van der Waals surface area (Å²) in [4.78, 5) is 0. The molecule has 1 aromatic carbocycles. The summed E-state index contributed by atoms with van der Waals surface area (Å²) < 4.78 is 14.7. The predicted octanol–water partition coefficient (Wildman–Crippen LogP) is 1.99. The van der Waals surface area contributed by atoms with Gasteiger partial charge in [0, 0.05) is 32.5 Å². The number of aryl methyl sites for hydroxylation is 1. The van der Waals surface area contributed by atoms with Crippen LogP contribution in [0.4, 0.5) is 4.39 Å². The van der Waals surface area contributed by atoms with Crippen molar-refractivity contribution in [3.63, 3.8) is 0 Å². The van der Waals surface area contributed by atoms with Gasteiger partial charge in [-0.2, -0.15) is 0 Å². The Balaban J connectivity index is 1.81. The van der Waals surface area contributed by atoms with Crippen molar-refractivity contribution in [3.8, 4) is 0 Å². The summed E-state index contributed by atoms with van der Waals surface area (Å²) in [6, 6.07) is 7.94. The molecular formula is C14H17FN2O. The molecule has 1 aromatic heterocycles. The average molecular weight is 248 g/mol. The Morgan fingerprint density at radius 1 is 1.28 bits per heavy atom. The van der Waals surface area contributed by atoms with Gasteiger partial charge >= 0.3 is 0 Å². The fraction of sp³-hybridized carbons (Fsp3) is 0.286. The number of aliphatic hydroxyl groups is 1. The summed E-state index contributed by atoms with van der Waals surface area (Å²) in [6.45, 7) is 1.15. The van der Waals surface area contributed by atoms with E-state index in [-0.39, 0.29) is 5.82 Å². The van der Waals surface area contributed by atoms with E-state index in [1.54, 1.807) is 12.1 Å².